The molecule has 1 fully saturated rings. The summed E-state index contributed by atoms with van der Waals surface area (Å²) in [4.78, 5) is 0. The molecule has 0 bridgehead atoms. The number of nitriles is 1. The van der Waals surface area contributed by atoms with Gasteiger partial charge in [0.2, 0.25) is 0 Å². The number of anilines is 1. The highest BCUT2D eigenvalue weighted by Crippen LogP contribution is 2.31. The largest absolute Gasteiger partial charge is 0.380 e. The highest BCUT2D eigenvalue weighted by Gasteiger charge is 2.22. The van der Waals surface area contributed by atoms with Crippen molar-refractivity contribution in [2.75, 3.05) is 11.1 Å². The zero-order valence-corrected chi connectivity index (χ0v) is 10.6. The van der Waals surface area contributed by atoms with Crippen molar-refractivity contribution in [2.45, 2.75) is 24.6 Å². The summed E-state index contributed by atoms with van der Waals surface area (Å²) in [6.45, 7) is 2.24. The van der Waals surface area contributed by atoms with E-state index in [9.17, 15) is 0 Å². The van der Waals surface area contributed by atoms with Crippen molar-refractivity contribution in [1.29, 1.82) is 5.26 Å². The van der Waals surface area contributed by atoms with Gasteiger partial charge in [0.1, 0.15) is 0 Å². The van der Waals surface area contributed by atoms with Crippen molar-refractivity contribution in [3.05, 3.63) is 28.8 Å². The third kappa shape index (κ3) is 2.63. The van der Waals surface area contributed by atoms with Gasteiger partial charge in [-0.25, -0.2) is 0 Å². The van der Waals surface area contributed by atoms with E-state index in [0.29, 0.717) is 21.9 Å². The van der Waals surface area contributed by atoms with Gasteiger partial charge in [0, 0.05) is 17.0 Å². The molecule has 0 amide bonds. The van der Waals surface area contributed by atoms with E-state index in [4.69, 9.17) is 16.9 Å². The van der Waals surface area contributed by atoms with Crippen molar-refractivity contribution < 1.29 is 0 Å². The molecule has 1 saturated heterocycles. The van der Waals surface area contributed by atoms with Gasteiger partial charge in [-0.1, -0.05) is 18.5 Å². The molecule has 84 valence electrons. The van der Waals surface area contributed by atoms with E-state index in [0.717, 1.165) is 17.9 Å². The Morgan fingerprint density at radius 1 is 1.56 bits per heavy atom. The number of rotatable bonds is 2. The standard InChI is InChI=1S/C12H13ClN2S/c1-8-4-10(7-16-8)15-12-5-9(6-14)2-3-11(12)13/h2-3,5,8,10,15H,4,7H2,1H3. The Morgan fingerprint density at radius 3 is 3.00 bits per heavy atom. The van der Waals surface area contributed by atoms with Gasteiger partial charge in [-0.2, -0.15) is 17.0 Å². The van der Waals surface area contributed by atoms with Crippen molar-refractivity contribution in [3.63, 3.8) is 0 Å². The molecule has 1 aliphatic rings. The van der Waals surface area contributed by atoms with Crippen LogP contribution in [0.25, 0.3) is 0 Å². The van der Waals surface area contributed by atoms with E-state index >= 15 is 0 Å². The zero-order chi connectivity index (χ0) is 11.5. The molecular weight excluding hydrogens is 240 g/mol. The molecule has 1 N–H and O–H groups in total. The molecule has 0 aliphatic carbocycles. The maximum absolute atomic E-state index is 8.83. The lowest BCUT2D eigenvalue weighted by atomic mass is 10.1. The fourth-order valence-corrected chi connectivity index (χ4v) is 3.16. The Labute approximate surface area is 105 Å². The summed E-state index contributed by atoms with van der Waals surface area (Å²) in [5.74, 6) is 1.11. The minimum Gasteiger partial charge on any atom is -0.380 e. The summed E-state index contributed by atoms with van der Waals surface area (Å²) in [6.07, 6.45) is 1.15. The smallest absolute Gasteiger partial charge is 0.0992 e. The lowest BCUT2D eigenvalue weighted by molar-refractivity contribution is 0.747. The minimum atomic E-state index is 0.464. The van der Waals surface area contributed by atoms with Crippen molar-refractivity contribution >= 4 is 29.1 Å². The molecule has 1 aliphatic heterocycles. The van der Waals surface area contributed by atoms with Crippen LogP contribution in [0.2, 0.25) is 5.02 Å². The fourth-order valence-electron chi connectivity index (χ4n) is 1.84. The van der Waals surface area contributed by atoms with Crippen LogP contribution in [0.1, 0.15) is 18.9 Å². The van der Waals surface area contributed by atoms with Gasteiger partial charge in [0.05, 0.1) is 22.3 Å². The second kappa shape index (κ2) is 4.99. The third-order valence-corrected chi connectivity index (χ3v) is 4.34. The first-order chi connectivity index (χ1) is 7.69. The third-order valence-electron chi connectivity index (χ3n) is 2.65. The van der Waals surface area contributed by atoms with Crippen LogP contribution < -0.4 is 5.32 Å². The molecular formula is C12H13ClN2S. The van der Waals surface area contributed by atoms with E-state index in [1.165, 1.54) is 0 Å². The van der Waals surface area contributed by atoms with Crippen LogP contribution in [-0.2, 0) is 0 Å². The average Bonchev–Trinajstić information content (AvgIpc) is 2.67. The van der Waals surface area contributed by atoms with Crippen LogP contribution >= 0.6 is 23.4 Å². The van der Waals surface area contributed by atoms with Gasteiger partial charge in [0.25, 0.3) is 0 Å². The highest BCUT2D eigenvalue weighted by atomic mass is 35.5. The molecule has 2 atom stereocenters. The first-order valence-electron chi connectivity index (χ1n) is 5.27. The number of hydrogen-bond acceptors (Lipinski definition) is 3. The van der Waals surface area contributed by atoms with Crippen molar-refractivity contribution in [1.82, 2.24) is 0 Å². The number of thioether (sulfide) groups is 1. The summed E-state index contributed by atoms with van der Waals surface area (Å²) >= 11 is 8.06. The zero-order valence-electron chi connectivity index (χ0n) is 9.03. The maximum atomic E-state index is 8.83. The molecule has 0 aromatic heterocycles. The lowest BCUT2D eigenvalue weighted by Crippen LogP contribution is -2.19. The molecule has 1 aromatic rings. The summed E-state index contributed by atoms with van der Waals surface area (Å²) in [5.41, 5.74) is 1.52. The number of benzene rings is 1. The van der Waals surface area contributed by atoms with Crippen molar-refractivity contribution in [3.8, 4) is 6.07 Å². The van der Waals surface area contributed by atoms with E-state index in [1.807, 2.05) is 17.8 Å². The Balaban J connectivity index is 2.12. The van der Waals surface area contributed by atoms with Crippen molar-refractivity contribution in [2.24, 2.45) is 0 Å². The summed E-state index contributed by atoms with van der Waals surface area (Å²) in [7, 11) is 0. The second-order valence-corrected chi connectivity index (χ2v) is 5.91. The van der Waals surface area contributed by atoms with Gasteiger partial charge in [-0.3, -0.25) is 0 Å². The van der Waals surface area contributed by atoms with Gasteiger partial charge < -0.3 is 5.32 Å². The molecule has 0 saturated carbocycles. The lowest BCUT2D eigenvalue weighted by Gasteiger charge is -2.14. The van der Waals surface area contributed by atoms with E-state index in [-0.39, 0.29) is 0 Å². The van der Waals surface area contributed by atoms with E-state index in [1.54, 1.807) is 12.1 Å². The van der Waals surface area contributed by atoms with Crippen LogP contribution in [-0.4, -0.2) is 17.0 Å². The number of nitrogens with zero attached hydrogens (tertiary/aromatic N) is 1. The molecule has 0 radical (unpaired) electrons. The molecule has 1 heterocycles. The van der Waals surface area contributed by atoms with Crippen LogP contribution in [0, 0.1) is 11.3 Å². The molecule has 2 unspecified atom stereocenters. The monoisotopic (exact) mass is 252 g/mol. The predicted molar refractivity (Wildman–Crippen MR) is 70.1 cm³/mol. The Hall–Kier alpha value is -0.850. The molecule has 1 aromatic carbocycles. The Kier molecular flexibility index (Phi) is 3.63. The molecule has 4 heteroatoms. The SMILES string of the molecule is CC1CC(Nc2cc(C#N)ccc2Cl)CS1. The molecule has 16 heavy (non-hydrogen) atoms. The quantitative estimate of drug-likeness (QED) is 0.875. The fraction of sp³-hybridized carbons (Fsp3) is 0.417. The van der Waals surface area contributed by atoms with Gasteiger partial charge in [-0.15, -0.1) is 0 Å². The first-order valence-corrected chi connectivity index (χ1v) is 6.69. The Morgan fingerprint density at radius 2 is 2.38 bits per heavy atom. The Bertz CT molecular complexity index is 428. The van der Waals surface area contributed by atoms with Gasteiger partial charge in [0.15, 0.2) is 0 Å². The predicted octanol–water partition coefficient (Wildman–Crippen LogP) is 3.52. The van der Waals surface area contributed by atoms with Crippen LogP contribution in [0.3, 0.4) is 0 Å². The summed E-state index contributed by atoms with van der Waals surface area (Å²) in [5, 5.41) is 13.6. The maximum Gasteiger partial charge on any atom is 0.0992 e. The molecule has 2 nitrogen and oxygen atoms in total. The van der Waals surface area contributed by atoms with E-state index in [2.05, 4.69) is 18.3 Å². The highest BCUT2D eigenvalue weighted by molar-refractivity contribution is 8.00. The number of halogens is 1. The minimum absolute atomic E-state index is 0.464. The number of nitrogens with one attached hydrogen (secondary N) is 1. The average molecular weight is 253 g/mol. The van der Waals surface area contributed by atoms with Crippen LogP contribution in [0.4, 0.5) is 5.69 Å². The second-order valence-electron chi connectivity index (χ2n) is 4.03. The normalized spacial score (nSPS) is 24.1. The van der Waals surface area contributed by atoms with E-state index < -0.39 is 0 Å². The van der Waals surface area contributed by atoms with Gasteiger partial charge in [-0.05, 0) is 24.6 Å². The summed E-state index contributed by atoms with van der Waals surface area (Å²) < 4.78 is 0. The summed E-state index contributed by atoms with van der Waals surface area (Å²) in [6, 6.07) is 7.91. The van der Waals surface area contributed by atoms with Crippen LogP contribution in [0.15, 0.2) is 18.2 Å². The van der Waals surface area contributed by atoms with Crippen LogP contribution in [0.5, 0.6) is 0 Å². The molecule has 0 spiro atoms. The van der Waals surface area contributed by atoms with Gasteiger partial charge >= 0.3 is 0 Å². The first kappa shape index (κ1) is 11.6. The topological polar surface area (TPSA) is 35.8 Å². The number of hydrogen-bond donors (Lipinski definition) is 1. The molecule has 2 rings (SSSR count).